The molecule has 1 N–H and O–H groups in total. The normalized spacial score (nSPS) is 12.8. The molecule has 0 spiro atoms. The first-order chi connectivity index (χ1) is 12.6. The maximum absolute atomic E-state index is 13.8. The van der Waals surface area contributed by atoms with Crippen LogP contribution in [-0.4, -0.2) is 22.4 Å². The third-order valence-electron chi connectivity index (χ3n) is 4.18. The van der Waals surface area contributed by atoms with E-state index in [4.69, 9.17) is 0 Å². The zero-order chi connectivity index (χ0) is 18.1. The van der Waals surface area contributed by atoms with Gasteiger partial charge >= 0.3 is 0 Å². The Hall–Kier alpha value is -3.35. The summed E-state index contributed by atoms with van der Waals surface area (Å²) in [5.41, 5.74) is 2.21. The number of halogens is 2. The number of nitrogens with zero attached hydrogens (tertiary/aromatic N) is 3. The van der Waals surface area contributed by atoms with E-state index in [2.05, 4.69) is 15.3 Å². The van der Waals surface area contributed by atoms with Gasteiger partial charge in [-0.15, -0.1) is 0 Å². The Labute approximate surface area is 148 Å². The summed E-state index contributed by atoms with van der Waals surface area (Å²) in [6.07, 6.45) is 2.21. The van der Waals surface area contributed by atoms with E-state index in [9.17, 15) is 13.6 Å². The predicted octanol–water partition coefficient (Wildman–Crippen LogP) is 3.70. The Balaban J connectivity index is 1.59. The summed E-state index contributed by atoms with van der Waals surface area (Å²) >= 11 is 0. The second-order valence-electron chi connectivity index (χ2n) is 5.85. The number of aromatic nitrogens is 2. The Morgan fingerprint density at radius 3 is 2.81 bits per heavy atom. The van der Waals surface area contributed by atoms with Crippen LogP contribution in [0, 0.1) is 11.6 Å². The smallest absolute Gasteiger partial charge is 0.277 e. The minimum absolute atomic E-state index is 0.0301. The molecule has 4 rings (SSSR count). The van der Waals surface area contributed by atoms with Gasteiger partial charge in [0.1, 0.15) is 17.3 Å². The second kappa shape index (κ2) is 6.51. The fourth-order valence-corrected chi connectivity index (χ4v) is 2.94. The molecule has 1 aromatic heterocycles. The Kier molecular flexibility index (Phi) is 4.04. The molecule has 0 radical (unpaired) electrons. The van der Waals surface area contributed by atoms with E-state index in [0.717, 1.165) is 29.8 Å². The number of hydrogen-bond donors (Lipinski definition) is 1. The molecule has 0 bridgehead atoms. The molecular weight excluding hydrogens is 338 g/mol. The zero-order valence-corrected chi connectivity index (χ0v) is 13.6. The monoisotopic (exact) mass is 352 g/mol. The SMILES string of the molecule is O=C(c1ccnc(Nc2ccc(F)cc2F)n1)N1CCc2ccccc21. The highest BCUT2D eigenvalue weighted by Gasteiger charge is 2.26. The highest BCUT2D eigenvalue weighted by Crippen LogP contribution is 2.28. The van der Waals surface area contributed by atoms with Gasteiger partial charge < -0.3 is 10.2 Å². The van der Waals surface area contributed by atoms with E-state index in [0.29, 0.717) is 6.54 Å². The maximum Gasteiger partial charge on any atom is 0.277 e. The third-order valence-corrected chi connectivity index (χ3v) is 4.18. The van der Waals surface area contributed by atoms with Crippen LogP contribution in [0.3, 0.4) is 0 Å². The van der Waals surface area contributed by atoms with E-state index >= 15 is 0 Å². The van der Waals surface area contributed by atoms with E-state index in [-0.39, 0.29) is 23.2 Å². The van der Waals surface area contributed by atoms with Crippen molar-refractivity contribution in [3.05, 3.63) is 77.6 Å². The van der Waals surface area contributed by atoms with Crippen molar-refractivity contribution >= 4 is 23.2 Å². The number of nitrogens with one attached hydrogen (secondary N) is 1. The van der Waals surface area contributed by atoms with Crippen molar-refractivity contribution < 1.29 is 13.6 Å². The number of amides is 1. The lowest BCUT2D eigenvalue weighted by Gasteiger charge is -2.17. The molecule has 130 valence electrons. The molecule has 2 aromatic carbocycles. The molecule has 2 heterocycles. The number of benzene rings is 2. The molecule has 26 heavy (non-hydrogen) atoms. The maximum atomic E-state index is 13.8. The molecule has 5 nitrogen and oxygen atoms in total. The van der Waals surface area contributed by atoms with Crippen LogP contribution in [0.15, 0.2) is 54.7 Å². The Morgan fingerprint density at radius 1 is 1.12 bits per heavy atom. The van der Waals surface area contributed by atoms with Gasteiger partial charge in [-0.25, -0.2) is 18.7 Å². The molecule has 0 saturated heterocycles. The molecular formula is C19H14F2N4O. The fraction of sp³-hybridized carbons (Fsp3) is 0.105. The second-order valence-corrected chi connectivity index (χ2v) is 5.85. The zero-order valence-electron chi connectivity index (χ0n) is 13.6. The van der Waals surface area contributed by atoms with Crippen molar-refractivity contribution in [1.29, 1.82) is 0 Å². The van der Waals surface area contributed by atoms with E-state index in [1.54, 1.807) is 4.90 Å². The molecule has 0 unspecified atom stereocenters. The van der Waals surface area contributed by atoms with Crippen LogP contribution in [-0.2, 0) is 6.42 Å². The van der Waals surface area contributed by atoms with Gasteiger partial charge in [-0.1, -0.05) is 18.2 Å². The van der Waals surface area contributed by atoms with Gasteiger partial charge in [0.25, 0.3) is 5.91 Å². The number of rotatable bonds is 3. The highest BCUT2D eigenvalue weighted by atomic mass is 19.1. The lowest BCUT2D eigenvalue weighted by atomic mass is 10.2. The highest BCUT2D eigenvalue weighted by molar-refractivity contribution is 6.06. The first-order valence-corrected chi connectivity index (χ1v) is 8.07. The lowest BCUT2D eigenvalue weighted by Crippen LogP contribution is -2.29. The van der Waals surface area contributed by atoms with Crippen LogP contribution in [0.25, 0.3) is 0 Å². The van der Waals surface area contributed by atoms with E-state index in [1.165, 1.54) is 18.3 Å². The van der Waals surface area contributed by atoms with Crippen LogP contribution < -0.4 is 10.2 Å². The average Bonchev–Trinajstić information content (AvgIpc) is 3.08. The van der Waals surface area contributed by atoms with Gasteiger partial charge in [-0.2, -0.15) is 0 Å². The number of carbonyl (C=O) groups is 1. The third kappa shape index (κ3) is 2.99. The number of hydrogen-bond acceptors (Lipinski definition) is 4. The van der Waals surface area contributed by atoms with Crippen molar-refractivity contribution in [3.8, 4) is 0 Å². The van der Waals surface area contributed by atoms with E-state index in [1.807, 2.05) is 24.3 Å². The molecule has 1 aliphatic rings. The minimum Gasteiger partial charge on any atom is -0.322 e. The van der Waals surface area contributed by atoms with Crippen molar-refractivity contribution in [3.63, 3.8) is 0 Å². The number of para-hydroxylation sites is 1. The molecule has 1 amide bonds. The first-order valence-electron chi connectivity index (χ1n) is 8.07. The van der Waals surface area contributed by atoms with Crippen LogP contribution in [0.4, 0.5) is 26.1 Å². The first kappa shape index (κ1) is 16.1. The van der Waals surface area contributed by atoms with Crippen LogP contribution in [0.5, 0.6) is 0 Å². The lowest BCUT2D eigenvalue weighted by molar-refractivity contribution is 0.0984. The van der Waals surface area contributed by atoms with Crippen LogP contribution in [0.2, 0.25) is 0 Å². The van der Waals surface area contributed by atoms with E-state index < -0.39 is 11.6 Å². The summed E-state index contributed by atoms with van der Waals surface area (Å²) in [5, 5.41) is 2.67. The summed E-state index contributed by atoms with van der Waals surface area (Å²) in [6.45, 7) is 0.581. The number of fused-ring (bicyclic) bond motifs is 1. The predicted molar refractivity (Wildman–Crippen MR) is 93.5 cm³/mol. The molecule has 0 atom stereocenters. The molecule has 0 saturated carbocycles. The van der Waals surface area contributed by atoms with Gasteiger partial charge in [0.05, 0.1) is 5.69 Å². The standard InChI is InChI=1S/C19H14F2N4O/c20-13-5-6-15(14(21)11-13)23-19-22-9-7-16(24-19)18(26)25-10-8-12-3-1-2-4-17(12)25/h1-7,9,11H,8,10H2,(H,22,23,24). The van der Waals surface area contributed by atoms with Gasteiger partial charge in [0.2, 0.25) is 5.95 Å². The number of carbonyl (C=O) groups excluding carboxylic acids is 1. The van der Waals surface area contributed by atoms with Gasteiger partial charge in [-0.3, -0.25) is 4.79 Å². The van der Waals surface area contributed by atoms with Crippen molar-refractivity contribution in [2.75, 3.05) is 16.8 Å². The Bertz CT molecular complexity index is 993. The fourth-order valence-electron chi connectivity index (χ4n) is 2.94. The number of anilines is 3. The average molecular weight is 352 g/mol. The molecule has 7 heteroatoms. The largest absolute Gasteiger partial charge is 0.322 e. The summed E-state index contributed by atoms with van der Waals surface area (Å²) in [7, 11) is 0. The van der Waals surface area contributed by atoms with Gasteiger partial charge in [0, 0.05) is 24.5 Å². The summed E-state index contributed by atoms with van der Waals surface area (Å²) in [5.74, 6) is -1.63. The van der Waals surface area contributed by atoms with Crippen LogP contribution >= 0.6 is 0 Å². The molecule has 0 aliphatic carbocycles. The Morgan fingerprint density at radius 2 is 1.96 bits per heavy atom. The summed E-state index contributed by atoms with van der Waals surface area (Å²) in [4.78, 5) is 22.7. The molecule has 1 aliphatic heterocycles. The van der Waals surface area contributed by atoms with Gasteiger partial charge in [-0.05, 0) is 36.2 Å². The van der Waals surface area contributed by atoms with Crippen LogP contribution in [0.1, 0.15) is 16.1 Å². The molecule has 0 fully saturated rings. The van der Waals surface area contributed by atoms with Crippen molar-refractivity contribution in [2.45, 2.75) is 6.42 Å². The quantitative estimate of drug-likeness (QED) is 0.781. The van der Waals surface area contributed by atoms with Gasteiger partial charge in [0.15, 0.2) is 0 Å². The minimum atomic E-state index is -0.765. The summed E-state index contributed by atoms with van der Waals surface area (Å²) in [6, 6.07) is 12.4. The van der Waals surface area contributed by atoms with Crippen molar-refractivity contribution in [2.24, 2.45) is 0 Å². The molecule has 3 aromatic rings. The summed E-state index contributed by atoms with van der Waals surface area (Å²) < 4.78 is 26.8. The topological polar surface area (TPSA) is 58.1 Å². The van der Waals surface area contributed by atoms with Crippen molar-refractivity contribution in [1.82, 2.24) is 9.97 Å².